The highest BCUT2D eigenvalue weighted by atomic mass is 35.5. The zero-order valence-electron chi connectivity index (χ0n) is 16.5. The summed E-state index contributed by atoms with van der Waals surface area (Å²) in [7, 11) is 0. The highest BCUT2D eigenvalue weighted by Crippen LogP contribution is 2.48. The number of nitrogens with zero attached hydrogens (tertiary/aromatic N) is 1. The molecule has 3 unspecified atom stereocenters. The summed E-state index contributed by atoms with van der Waals surface area (Å²) in [6.45, 7) is 3.93. The smallest absolute Gasteiger partial charge is 0.255 e. The quantitative estimate of drug-likeness (QED) is 0.789. The maximum absolute atomic E-state index is 13.7. The van der Waals surface area contributed by atoms with Crippen molar-refractivity contribution in [3.63, 3.8) is 0 Å². The molecule has 29 heavy (non-hydrogen) atoms. The van der Waals surface area contributed by atoms with Crippen LogP contribution >= 0.6 is 11.6 Å². The number of anilines is 1. The van der Waals surface area contributed by atoms with Gasteiger partial charge in [-0.25, -0.2) is 0 Å². The standard InChI is InChI=1S/C23H24ClN3O2/c1-22(2,14-7-9-15(24)10-8-14)21(29)27-16-11-12-19(27)23(13-16)25-18-6-4-3-5-17(18)20(28)26-23/h3-10,16,19,25H,11-13H2,1-2H3,(H,26,28). The molecule has 0 saturated carbocycles. The first-order valence-electron chi connectivity index (χ1n) is 10.1. The Morgan fingerprint density at radius 3 is 2.59 bits per heavy atom. The number of rotatable bonds is 2. The lowest BCUT2D eigenvalue weighted by molar-refractivity contribution is -0.137. The third-order valence-electron chi connectivity index (χ3n) is 6.83. The lowest BCUT2D eigenvalue weighted by atomic mass is 9.83. The lowest BCUT2D eigenvalue weighted by Crippen LogP contribution is -2.64. The first kappa shape index (κ1) is 18.5. The van der Waals surface area contributed by atoms with Crippen LogP contribution in [0.2, 0.25) is 5.02 Å². The zero-order chi connectivity index (χ0) is 20.4. The highest BCUT2D eigenvalue weighted by Gasteiger charge is 2.61. The number of halogens is 1. The van der Waals surface area contributed by atoms with E-state index >= 15 is 0 Å². The Morgan fingerprint density at radius 1 is 1.10 bits per heavy atom. The molecule has 2 saturated heterocycles. The predicted molar refractivity (Wildman–Crippen MR) is 113 cm³/mol. The molecule has 150 valence electrons. The van der Waals surface area contributed by atoms with Crippen molar-refractivity contribution < 1.29 is 9.59 Å². The van der Waals surface area contributed by atoms with Crippen LogP contribution in [0.15, 0.2) is 48.5 Å². The average Bonchev–Trinajstić information content (AvgIpc) is 3.23. The van der Waals surface area contributed by atoms with Gasteiger partial charge >= 0.3 is 0 Å². The molecule has 2 fully saturated rings. The van der Waals surface area contributed by atoms with E-state index in [0.717, 1.165) is 30.5 Å². The number of para-hydroxylation sites is 1. The Balaban J connectivity index is 1.47. The second kappa shape index (κ2) is 6.23. The van der Waals surface area contributed by atoms with Crippen LogP contribution in [0.3, 0.4) is 0 Å². The third kappa shape index (κ3) is 2.67. The normalized spacial score (nSPS) is 27.6. The molecule has 2 amide bonds. The van der Waals surface area contributed by atoms with Gasteiger partial charge in [-0.1, -0.05) is 35.9 Å². The number of hydrogen-bond donors (Lipinski definition) is 2. The van der Waals surface area contributed by atoms with Gasteiger partial charge in [0.2, 0.25) is 5.91 Å². The van der Waals surface area contributed by atoms with Crippen molar-refractivity contribution in [1.82, 2.24) is 10.2 Å². The molecule has 0 aliphatic carbocycles. The van der Waals surface area contributed by atoms with Crippen molar-refractivity contribution in [2.45, 2.75) is 56.3 Å². The minimum atomic E-state index is -0.673. The largest absolute Gasteiger partial charge is 0.360 e. The molecule has 2 aromatic carbocycles. The van der Waals surface area contributed by atoms with Crippen molar-refractivity contribution in [2.75, 3.05) is 5.32 Å². The van der Waals surface area contributed by atoms with E-state index in [1.54, 1.807) is 0 Å². The summed E-state index contributed by atoms with van der Waals surface area (Å²) in [5.41, 5.74) is 1.17. The minimum Gasteiger partial charge on any atom is -0.360 e. The molecule has 3 aliphatic rings. The van der Waals surface area contributed by atoms with Crippen LogP contribution in [0.4, 0.5) is 5.69 Å². The lowest BCUT2D eigenvalue weighted by Gasteiger charge is -2.43. The first-order valence-corrected chi connectivity index (χ1v) is 10.5. The fourth-order valence-corrected chi connectivity index (χ4v) is 5.42. The first-order chi connectivity index (χ1) is 13.8. The summed E-state index contributed by atoms with van der Waals surface area (Å²) >= 11 is 6.03. The van der Waals surface area contributed by atoms with E-state index in [1.807, 2.05) is 67.3 Å². The van der Waals surface area contributed by atoms with Crippen LogP contribution in [0.25, 0.3) is 0 Å². The molecule has 2 aromatic rings. The summed E-state index contributed by atoms with van der Waals surface area (Å²) in [6, 6.07) is 15.1. The summed E-state index contributed by atoms with van der Waals surface area (Å²) in [4.78, 5) is 28.5. The van der Waals surface area contributed by atoms with Gasteiger partial charge in [0, 0.05) is 23.2 Å². The van der Waals surface area contributed by atoms with Crippen LogP contribution in [0, 0.1) is 0 Å². The van der Waals surface area contributed by atoms with Crippen LogP contribution in [-0.4, -0.2) is 34.5 Å². The third-order valence-corrected chi connectivity index (χ3v) is 7.08. The number of hydrogen-bond acceptors (Lipinski definition) is 3. The molecule has 2 bridgehead atoms. The Kier molecular flexibility index (Phi) is 3.97. The van der Waals surface area contributed by atoms with Crippen LogP contribution in [-0.2, 0) is 10.2 Å². The maximum Gasteiger partial charge on any atom is 0.255 e. The second-order valence-electron chi connectivity index (χ2n) is 8.89. The molecule has 1 spiro atoms. The van der Waals surface area contributed by atoms with Gasteiger partial charge in [0.1, 0.15) is 5.66 Å². The molecular weight excluding hydrogens is 386 g/mol. The zero-order valence-corrected chi connectivity index (χ0v) is 17.3. The molecule has 6 heteroatoms. The summed E-state index contributed by atoms with van der Waals surface area (Å²) in [5, 5.41) is 7.43. The van der Waals surface area contributed by atoms with E-state index in [1.165, 1.54) is 0 Å². The number of carbonyl (C=O) groups is 2. The van der Waals surface area contributed by atoms with Gasteiger partial charge in [0.15, 0.2) is 0 Å². The molecule has 0 radical (unpaired) electrons. The van der Waals surface area contributed by atoms with Crippen molar-refractivity contribution in [3.8, 4) is 0 Å². The molecule has 5 rings (SSSR count). The fraction of sp³-hybridized carbons (Fsp3) is 0.391. The average molecular weight is 410 g/mol. The molecule has 5 nitrogen and oxygen atoms in total. The Hall–Kier alpha value is -2.53. The number of fused-ring (bicyclic) bond motifs is 4. The minimum absolute atomic E-state index is 0.0659. The molecular formula is C23H24ClN3O2. The van der Waals surface area contributed by atoms with E-state index in [-0.39, 0.29) is 23.9 Å². The number of benzene rings is 2. The van der Waals surface area contributed by atoms with Gasteiger partial charge in [-0.15, -0.1) is 0 Å². The van der Waals surface area contributed by atoms with Crippen LogP contribution in [0.5, 0.6) is 0 Å². The van der Waals surface area contributed by atoms with E-state index in [2.05, 4.69) is 10.6 Å². The Morgan fingerprint density at radius 2 is 1.83 bits per heavy atom. The van der Waals surface area contributed by atoms with Gasteiger partial charge in [-0.3, -0.25) is 9.59 Å². The highest BCUT2D eigenvalue weighted by molar-refractivity contribution is 6.30. The summed E-state index contributed by atoms with van der Waals surface area (Å²) in [6.07, 6.45) is 2.57. The van der Waals surface area contributed by atoms with E-state index in [4.69, 9.17) is 11.6 Å². The Bertz CT molecular complexity index is 1000. The predicted octanol–water partition coefficient (Wildman–Crippen LogP) is 3.93. The second-order valence-corrected chi connectivity index (χ2v) is 9.33. The van der Waals surface area contributed by atoms with Crippen LogP contribution < -0.4 is 10.6 Å². The number of carbonyl (C=O) groups excluding carboxylic acids is 2. The molecule has 0 aromatic heterocycles. The summed E-state index contributed by atoms with van der Waals surface area (Å²) in [5.74, 6) is 0.0235. The molecule has 3 aliphatic heterocycles. The van der Waals surface area contributed by atoms with Crippen molar-refractivity contribution >= 4 is 29.1 Å². The topological polar surface area (TPSA) is 61.4 Å². The van der Waals surface area contributed by atoms with Crippen molar-refractivity contribution in [3.05, 3.63) is 64.7 Å². The monoisotopic (exact) mass is 409 g/mol. The summed E-state index contributed by atoms with van der Waals surface area (Å²) < 4.78 is 0. The van der Waals surface area contributed by atoms with Gasteiger partial charge in [0.25, 0.3) is 5.91 Å². The van der Waals surface area contributed by atoms with E-state index in [9.17, 15) is 9.59 Å². The number of amides is 2. The number of nitrogens with one attached hydrogen (secondary N) is 2. The van der Waals surface area contributed by atoms with Gasteiger partial charge < -0.3 is 15.5 Å². The molecule has 3 heterocycles. The van der Waals surface area contributed by atoms with Gasteiger partial charge in [-0.2, -0.15) is 0 Å². The van der Waals surface area contributed by atoms with Crippen molar-refractivity contribution in [2.24, 2.45) is 0 Å². The van der Waals surface area contributed by atoms with Crippen LogP contribution in [0.1, 0.15) is 49.0 Å². The SMILES string of the molecule is CC(C)(C(=O)N1C2CCC1C1(C2)NC(=O)c2ccccc2N1)c1ccc(Cl)cc1. The van der Waals surface area contributed by atoms with E-state index in [0.29, 0.717) is 10.6 Å². The van der Waals surface area contributed by atoms with Gasteiger partial charge in [-0.05, 0) is 56.5 Å². The van der Waals surface area contributed by atoms with E-state index < -0.39 is 11.1 Å². The van der Waals surface area contributed by atoms with Gasteiger partial charge in [0.05, 0.1) is 17.0 Å². The Labute approximate surface area is 175 Å². The molecule has 3 atom stereocenters. The van der Waals surface area contributed by atoms with Crippen molar-refractivity contribution in [1.29, 1.82) is 0 Å². The fourth-order valence-electron chi connectivity index (χ4n) is 5.30. The maximum atomic E-state index is 13.7. The molecule has 2 N–H and O–H groups in total.